The van der Waals surface area contributed by atoms with Gasteiger partial charge in [-0.05, 0) is 44.0 Å². The average Bonchev–Trinajstić information content (AvgIpc) is 3.16. The van der Waals surface area contributed by atoms with E-state index in [4.69, 9.17) is 25.6 Å². The molecule has 2 heterocycles. The molecule has 0 N–H and O–H groups in total. The van der Waals surface area contributed by atoms with Crippen molar-refractivity contribution in [2.45, 2.75) is 33.7 Å². The Bertz CT molecular complexity index is 904. The molecule has 31 heavy (non-hydrogen) atoms. The zero-order valence-electron chi connectivity index (χ0n) is 18.4. The first-order valence-corrected chi connectivity index (χ1v) is 11.1. The van der Waals surface area contributed by atoms with Gasteiger partial charge in [-0.3, -0.25) is 9.69 Å². The molecule has 168 valence electrons. The number of hydrogen-bond acceptors (Lipinski definition) is 6. The zero-order chi connectivity index (χ0) is 22.2. The van der Waals surface area contributed by atoms with Crippen LogP contribution in [-0.2, 0) is 11.3 Å². The molecule has 1 aliphatic heterocycles. The Morgan fingerprint density at radius 3 is 2.61 bits per heavy atom. The van der Waals surface area contributed by atoms with E-state index in [1.54, 1.807) is 18.2 Å². The van der Waals surface area contributed by atoms with Crippen LogP contribution in [0.25, 0.3) is 6.08 Å². The Kier molecular flexibility index (Phi) is 8.37. The number of halogens is 1. The summed E-state index contributed by atoms with van der Waals surface area (Å²) in [6.45, 7) is 10.6. The fraction of sp³-hybridized carbons (Fsp3) is 0.478. The van der Waals surface area contributed by atoms with Gasteiger partial charge >= 0.3 is 0 Å². The maximum Gasteiger partial charge on any atom is 0.246 e. The number of rotatable bonds is 9. The van der Waals surface area contributed by atoms with Gasteiger partial charge in [0.05, 0.1) is 30.5 Å². The second-order valence-electron chi connectivity index (χ2n) is 7.48. The van der Waals surface area contributed by atoms with Crippen LogP contribution >= 0.6 is 11.6 Å². The highest BCUT2D eigenvalue weighted by Gasteiger charge is 2.21. The fourth-order valence-corrected chi connectivity index (χ4v) is 3.68. The van der Waals surface area contributed by atoms with Gasteiger partial charge in [0.2, 0.25) is 5.91 Å². The lowest BCUT2D eigenvalue weighted by Gasteiger charge is -2.33. The number of aryl methyl sites for hydroxylation is 1. The summed E-state index contributed by atoms with van der Waals surface area (Å²) >= 11 is 6.40. The first kappa shape index (κ1) is 23.2. The van der Waals surface area contributed by atoms with E-state index in [0.717, 1.165) is 36.5 Å². The minimum Gasteiger partial charge on any atom is -0.490 e. The minimum absolute atomic E-state index is 0.0180. The average molecular weight is 448 g/mol. The summed E-state index contributed by atoms with van der Waals surface area (Å²) in [6, 6.07) is 5.58. The van der Waals surface area contributed by atoms with Crippen molar-refractivity contribution >= 4 is 23.6 Å². The van der Waals surface area contributed by atoms with E-state index < -0.39 is 0 Å². The molecule has 1 amide bonds. The molecule has 2 aromatic rings. The highest BCUT2D eigenvalue weighted by molar-refractivity contribution is 6.32. The normalized spacial score (nSPS) is 14.9. The van der Waals surface area contributed by atoms with Crippen LogP contribution in [0, 0.1) is 6.92 Å². The van der Waals surface area contributed by atoms with Gasteiger partial charge in [-0.1, -0.05) is 23.7 Å². The van der Waals surface area contributed by atoms with Crippen molar-refractivity contribution < 1.29 is 18.8 Å². The number of nitrogens with zero attached hydrogens (tertiary/aromatic N) is 3. The highest BCUT2D eigenvalue weighted by Crippen LogP contribution is 2.37. The number of carbonyl (C=O) groups is 1. The zero-order valence-corrected chi connectivity index (χ0v) is 19.2. The predicted molar refractivity (Wildman–Crippen MR) is 121 cm³/mol. The van der Waals surface area contributed by atoms with E-state index in [9.17, 15) is 4.79 Å². The van der Waals surface area contributed by atoms with Gasteiger partial charge < -0.3 is 18.9 Å². The maximum atomic E-state index is 12.6. The number of amides is 1. The van der Waals surface area contributed by atoms with E-state index in [0.29, 0.717) is 49.4 Å². The van der Waals surface area contributed by atoms with Crippen LogP contribution < -0.4 is 9.47 Å². The van der Waals surface area contributed by atoms with E-state index in [1.807, 2.05) is 37.8 Å². The molecule has 7 nitrogen and oxygen atoms in total. The molecular weight excluding hydrogens is 418 g/mol. The van der Waals surface area contributed by atoms with Gasteiger partial charge in [0.1, 0.15) is 0 Å². The summed E-state index contributed by atoms with van der Waals surface area (Å²) < 4.78 is 16.7. The molecule has 1 aromatic carbocycles. The van der Waals surface area contributed by atoms with Crippen molar-refractivity contribution in [1.29, 1.82) is 0 Å². The van der Waals surface area contributed by atoms with Crippen LogP contribution in [-0.4, -0.2) is 60.3 Å². The summed E-state index contributed by atoms with van der Waals surface area (Å²) in [7, 11) is 0. The summed E-state index contributed by atoms with van der Waals surface area (Å²) in [5, 5.41) is 4.40. The third-order valence-electron chi connectivity index (χ3n) is 4.94. The van der Waals surface area contributed by atoms with Crippen molar-refractivity contribution in [3.63, 3.8) is 0 Å². The lowest BCUT2D eigenvalue weighted by Crippen LogP contribution is -2.47. The molecular formula is C23H30ClN3O4. The molecule has 1 aliphatic rings. The number of hydrogen-bond donors (Lipinski definition) is 0. The van der Waals surface area contributed by atoms with Gasteiger partial charge in [-0.2, -0.15) is 0 Å². The summed E-state index contributed by atoms with van der Waals surface area (Å²) in [4.78, 5) is 16.8. The van der Waals surface area contributed by atoms with Crippen molar-refractivity contribution in [3.05, 3.63) is 46.3 Å². The molecule has 1 fully saturated rings. The molecule has 1 aromatic heterocycles. The van der Waals surface area contributed by atoms with Gasteiger partial charge in [0.15, 0.2) is 17.3 Å². The van der Waals surface area contributed by atoms with Crippen LogP contribution in [0.2, 0.25) is 5.02 Å². The molecule has 0 saturated carbocycles. The van der Waals surface area contributed by atoms with Crippen LogP contribution in [0.5, 0.6) is 11.5 Å². The molecule has 0 spiro atoms. The molecule has 0 unspecified atom stereocenters. The highest BCUT2D eigenvalue weighted by atomic mass is 35.5. The molecule has 1 saturated heterocycles. The van der Waals surface area contributed by atoms with Gasteiger partial charge in [0, 0.05) is 38.3 Å². The van der Waals surface area contributed by atoms with Crippen molar-refractivity contribution in [2.24, 2.45) is 0 Å². The molecule has 0 atom stereocenters. The van der Waals surface area contributed by atoms with Crippen molar-refractivity contribution in [3.8, 4) is 11.5 Å². The number of piperazine rings is 1. The molecule has 0 bridgehead atoms. The number of benzene rings is 1. The smallest absolute Gasteiger partial charge is 0.246 e. The van der Waals surface area contributed by atoms with Crippen molar-refractivity contribution in [1.82, 2.24) is 15.0 Å². The monoisotopic (exact) mass is 447 g/mol. The fourth-order valence-electron chi connectivity index (χ4n) is 3.40. The van der Waals surface area contributed by atoms with Gasteiger partial charge in [0.25, 0.3) is 0 Å². The van der Waals surface area contributed by atoms with Gasteiger partial charge in [-0.25, -0.2) is 0 Å². The van der Waals surface area contributed by atoms with E-state index >= 15 is 0 Å². The standard InChI is InChI=1S/C23H30ClN3O4/c1-4-12-30-23-20(24)14-18(15-21(23)29-5-2)6-7-22(28)27-10-8-26(9-11-27)16-19-13-17(3)25-31-19/h6-7,13-15H,4-5,8-12,16H2,1-3H3/b7-6+. The Balaban J connectivity index is 1.58. The molecule has 3 rings (SSSR count). The van der Waals surface area contributed by atoms with Crippen LogP contribution in [0.3, 0.4) is 0 Å². The van der Waals surface area contributed by atoms with E-state index in [-0.39, 0.29) is 5.91 Å². The van der Waals surface area contributed by atoms with Gasteiger partial charge in [-0.15, -0.1) is 0 Å². The first-order chi connectivity index (χ1) is 15.0. The molecule has 8 heteroatoms. The second-order valence-corrected chi connectivity index (χ2v) is 7.89. The summed E-state index contributed by atoms with van der Waals surface area (Å²) in [5.41, 5.74) is 1.68. The van der Waals surface area contributed by atoms with Crippen molar-refractivity contribution in [2.75, 3.05) is 39.4 Å². The largest absolute Gasteiger partial charge is 0.490 e. The Morgan fingerprint density at radius 2 is 1.97 bits per heavy atom. The quantitative estimate of drug-likeness (QED) is 0.537. The summed E-state index contributed by atoms with van der Waals surface area (Å²) in [6.07, 6.45) is 4.23. The van der Waals surface area contributed by atoms with Crippen LogP contribution in [0.1, 0.15) is 37.3 Å². The Hall–Kier alpha value is -2.51. The number of carbonyl (C=O) groups excluding carboxylic acids is 1. The minimum atomic E-state index is -0.0180. The third-order valence-corrected chi connectivity index (χ3v) is 5.22. The predicted octanol–water partition coefficient (Wildman–Crippen LogP) is 4.18. The maximum absolute atomic E-state index is 12.6. The Morgan fingerprint density at radius 1 is 1.19 bits per heavy atom. The lowest BCUT2D eigenvalue weighted by molar-refractivity contribution is -0.127. The van der Waals surface area contributed by atoms with E-state index in [1.165, 1.54) is 0 Å². The number of aromatic nitrogens is 1. The SMILES string of the molecule is CCCOc1c(Cl)cc(/C=C/C(=O)N2CCN(Cc3cc(C)no3)CC2)cc1OCC. The summed E-state index contributed by atoms with van der Waals surface area (Å²) in [5.74, 6) is 1.97. The molecule has 0 aliphatic carbocycles. The second kappa shape index (κ2) is 11.2. The third kappa shape index (κ3) is 6.48. The van der Waals surface area contributed by atoms with E-state index in [2.05, 4.69) is 10.1 Å². The van der Waals surface area contributed by atoms with Crippen LogP contribution in [0.15, 0.2) is 28.8 Å². The van der Waals surface area contributed by atoms with Crippen LogP contribution in [0.4, 0.5) is 0 Å². The topological polar surface area (TPSA) is 68.0 Å². The molecule has 0 radical (unpaired) electrons. The lowest BCUT2D eigenvalue weighted by atomic mass is 10.1. The Labute approximate surface area is 188 Å². The number of ether oxygens (including phenoxy) is 2. The first-order valence-electron chi connectivity index (χ1n) is 10.7.